The third-order valence-electron chi connectivity index (χ3n) is 2.42. The highest BCUT2D eigenvalue weighted by Gasteiger charge is 2.06. The lowest BCUT2D eigenvalue weighted by Crippen LogP contribution is -2.33. The molecular weight excluding hydrogens is 248 g/mol. The largest absolute Gasteiger partial charge is 0.480 e. The van der Waals surface area contributed by atoms with E-state index in [-0.39, 0.29) is 6.54 Å². The molecule has 19 heavy (non-hydrogen) atoms. The summed E-state index contributed by atoms with van der Waals surface area (Å²) >= 11 is 0. The molecule has 1 amide bonds. The van der Waals surface area contributed by atoms with Crippen LogP contribution < -0.4 is 10.6 Å². The lowest BCUT2D eigenvalue weighted by Gasteiger charge is -2.08. The quantitative estimate of drug-likeness (QED) is 0.711. The van der Waals surface area contributed by atoms with E-state index < -0.39 is 18.4 Å². The van der Waals surface area contributed by atoms with E-state index >= 15 is 0 Å². The highest BCUT2D eigenvalue weighted by Crippen LogP contribution is 2.19. The Bertz CT molecular complexity index is 609. The van der Waals surface area contributed by atoms with Crippen molar-refractivity contribution in [2.75, 3.05) is 18.4 Å². The molecule has 0 atom stereocenters. The number of aromatic nitrogens is 2. The zero-order valence-electron chi connectivity index (χ0n) is 9.96. The Morgan fingerprint density at radius 2 is 2.00 bits per heavy atom. The van der Waals surface area contributed by atoms with Gasteiger partial charge in [0, 0.05) is 5.39 Å². The Labute approximate surface area is 108 Å². The predicted molar refractivity (Wildman–Crippen MR) is 68.7 cm³/mol. The van der Waals surface area contributed by atoms with Crippen LogP contribution >= 0.6 is 0 Å². The van der Waals surface area contributed by atoms with Gasteiger partial charge in [-0.25, -0.2) is 0 Å². The summed E-state index contributed by atoms with van der Waals surface area (Å²) in [6, 6.07) is 7.39. The number of hydrogen-bond acceptors (Lipinski definition) is 5. The number of amides is 1. The van der Waals surface area contributed by atoms with Crippen LogP contribution in [0.3, 0.4) is 0 Å². The van der Waals surface area contributed by atoms with Crippen LogP contribution in [0.25, 0.3) is 10.9 Å². The zero-order chi connectivity index (χ0) is 13.7. The Morgan fingerprint density at radius 1 is 1.21 bits per heavy atom. The third kappa shape index (κ3) is 3.38. The Morgan fingerprint density at radius 3 is 2.79 bits per heavy atom. The summed E-state index contributed by atoms with van der Waals surface area (Å²) in [6.07, 6.45) is 1.52. The van der Waals surface area contributed by atoms with Gasteiger partial charge in [0.1, 0.15) is 6.54 Å². The van der Waals surface area contributed by atoms with Crippen LogP contribution in [0.1, 0.15) is 0 Å². The van der Waals surface area contributed by atoms with Crippen molar-refractivity contribution in [3.05, 3.63) is 30.5 Å². The minimum absolute atomic E-state index is 0.0248. The van der Waals surface area contributed by atoms with Crippen molar-refractivity contribution < 1.29 is 14.7 Å². The third-order valence-corrected chi connectivity index (χ3v) is 2.42. The van der Waals surface area contributed by atoms with Crippen LogP contribution in [0.4, 0.5) is 5.69 Å². The van der Waals surface area contributed by atoms with Crippen molar-refractivity contribution >= 4 is 28.5 Å². The first kappa shape index (κ1) is 12.7. The standard InChI is InChI=1S/C12H12N4O3/c17-11(14-7-12(18)19)6-13-10-5-15-16-9-4-2-1-3-8(9)10/h1-5H,6-7H2,(H,13,16)(H,14,17)(H,18,19). The molecule has 0 aliphatic heterocycles. The molecule has 1 aromatic heterocycles. The van der Waals surface area contributed by atoms with E-state index in [9.17, 15) is 9.59 Å². The molecule has 0 radical (unpaired) electrons. The van der Waals surface area contributed by atoms with Gasteiger partial charge in [0.05, 0.1) is 23.9 Å². The van der Waals surface area contributed by atoms with Gasteiger partial charge >= 0.3 is 5.97 Å². The fourth-order valence-electron chi connectivity index (χ4n) is 1.56. The first-order valence-electron chi connectivity index (χ1n) is 5.59. The maximum atomic E-state index is 11.4. The van der Waals surface area contributed by atoms with Crippen molar-refractivity contribution in [2.45, 2.75) is 0 Å². The van der Waals surface area contributed by atoms with Gasteiger partial charge in [-0.15, -0.1) is 0 Å². The van der Waals surface area contributed by atoms with Gasteiger partial charge in [-0.3, -0.25) is 9.59 Å². The SMILES string of the molecule is O=C(O)CNC(=O)CNc1cnnc2ccccc12. The van der Waals surface area contributed by atoms with Crippen LogP contribution in [0.5, 0.6) is 0 Å². The molecule has 7 heteroatoms. The van der Waals surface area contributed by atoms with Gasteiger partial charge in [-0.05, 0) is 6.07 Å². The average molecular weight is 260 g/mol. The van der Waals surface area contributed by atoms with Crippen LogP contribution in [0.15, 0.2) is 30.5 Å². The fraction of sp³-hybridized carbons (Fsp3) is 0.167. The predicted octanol–water partition coefficient (Wildman–Crippen LogP) is 0.242. The summed E-state index contributed by atoms with van der Waals surface area (Å²) in [4.78, 5) is 21.7. The summed E-state index contributed by atoms with van der Waals surface area (Å²) in [5, 5.41) is 22.2. The molecule has 0 aliphatic carbocycles. The molecule has 0 saturated carbocycles. The minimum atomic E-state index is -1.08. The second kappa shape index (κ2) is 5.76. The number of hydrogen-bond donors (Lipinski definition) is 3. The molecule has 0 unspecified atom stereocenters. The molecular formula is C12H12N4O3. The zero-order valence-corrected chi connectivity index (χ0v) is 9.96. The number of carboxylic acids is 1. The number of anilines is 1. The second-order valence-electron chi connectivity index (χ2n) is 3.80. The maximum Gasteiger partial charge on any atom is 0.322 e. The summed E-state index contributed by atoms with van der Waals surface area (Å²) in [5.74, 6) is -1.48. The lowest BCUT2D eigenvalue weighted by atomic mass is 10.2. The van der Waals surface area contributed by atoms with Gasteiger partial charge in [-0.2, -0.15) is 10.2 Å². The maximum absolute atomic E-state index is 11.4. The Hall–Kier alpha value is -2.70. The van der Waals surface area contributed by atoms with E-state index in [2.05, 4.69) is 20.8 Å². The topological polar surface area (TPSA) is 104 Å². The summed E-state index contributed by atoms with van der Waals surface area (Å²) in [7, 11) is 0. The molecule has 0 spiro atoms. The van der Waals surface area contributed by atoms with Crippen molar-refractivity contribution in [1.82, 2.24) is 15.5 Å². The Kier molecular flexibility index (Phi) is 3.87. The molecule has 7 nitrogen and oxygen atoms in total. The molecule has 1 aromatic carbocycles. The fourth-order valence-corrected chi connectivity index (χ4v) is 1.56. The van der Waals surface area contributed by atoms with Gasteiger partial charge in [0.2, 0.25) is 5.91 Å². The molecule has 0 fully saturated rings. The summed E-state index contributed by atoms with van der Waals surface area (Å²) in [6.45, 7) is -0.418. The van der Waals surface area contributed by atoms with Gasteiger partial charge in [-0.1, -0.05) is 18.2 Å². The van der Waals surface area contributed by atoms with Gasteiger partial charge < -0.3 is 15.7 Å². The first-order chi connectivity index (χ1) is 9.16. The van der Waals surface area contributed by atoms with Gasteiger partial charge in [0.25, 0.3) is 0 Å². The number of nitrogens with one attached hydrogen (secondary N) is 2. The number of carbonyl (C=O) groups is 2. The van der Waals surface area contributed by atoms with Crippen molar-refractivity contribution in [3.8, 4) is 0 Å². The van der Waals surface area contributed by atoms with Crippen LogP contribution in [-0.2, 0) is 9.59 Å². The number of carbonyl (C=O) groups excluding carboxylic acids is 1. The number of carboxylic acid groups (broad SMARTS) is 1. The normalized spacial score (nSPS) is 10.1. The molecule has 0 saturated heterocycles. The van der Waals surface area contributed by atoms with Gasteiger partial charge in [0.15, 0.2) is 0 Å². The molecule has 0 bridgehead atoms. The summed E-state index contributed by atoms with van der Waals surface area (Å²) < 4.78 is 0. The van der Waals surface area contributed by atoms with Crippen molar-refractivity contribution in [1.29, 1.82) is 0 Å². The number of fused-ring (bicyclic) bond motifs is 1. The first-order valence-corrected chi connectivity index (χ1v) is 5.59. The number of rotatable bonds is 5. The van der Waals surface area contributed by atoms with Crippen LogP contribution in [-0.4, -0.2) is 40.3 Å². The monoisotopic (exact) mass is 260 g/mol. The van der Waals surface area contributed by atoms with Crippen LogP contribution in [0.2, 0.25) is 0 Å². The molecule has 2 rings (SSSR count). The summed E-state index contributed by atoms with van der Waals surface area (Å²) in [5.41, 5.74) is 1.40. The van der Waals surface area contributed by atoms with E-state index in [1.54, 1.807) is 0 Å². The van der Waals surface area contributed by atoms with Crippen molar-refractivity contribution in [3.63, 3.8) is 0 Å². The minimum Gasteiger partial charge on any atom is -0.480 e. The highest BCUT2D eigenvalue weighted by molar-refractivity contribution is 5.92. The number of benzene rings is 1. The number of nitrogens with zero attached hydrogens (tertiary/aromatic N) is 2. The van der Waals surface area contributed by atoms with E-state index in [0.717, 1.165) is 10.9 Å². The smallest absolute Gasteiger partial charge is 0.322 e. The lowest BCUT2D eigenvalue weighted by molar-refractivity contribution is -0.137. The van der Waals surface area contributed by atoms with Crippen LogP contribution in [0, 0.1) is 0 Å². The van der Waals surface area contributed by atoms with E-state index in [4.69, 9.17) is 5.11 Å². The Balaban J connectivity index is 2.02. The number of aliphatic carboxylic acids is 1. The average Bonchev–Trinajstić information content (AvgIpc) is 2.42. The van der Waals surface area contributed by atoms with E-state index in [1.165, 1.54) is 6.20 Å². The molecule has 98 valence electrons. The molecule has 2 aromatic rings. The molecule has 3 N–H and O–H groups in total. The highest BCUT2D eigenvalue weighted by atomic mass is 16.4. The van der Waals surface area contributed by atoms with E-state index in [1.807, 2.05) is 24.3 Å². The molecule has 1 heterocycles. The molecule has 0 aliphatic rings. The second-order valence-corrected chi connectivity index (χ2v) is 3.80. The van der Waals surface area contributed by atoms with E-state index in [0.29, 0.717) is 5.69 Å². The van der Waals surface area contributed by atoms with Crippen molar-refractivity contribution in [2.24, 2.45) is 0 Å².